The van der Waals surface area contributed by atoms with Crippen molar-refractivity contribution in [2.24, 2.45) is 0 Å². The number of fused-ring (bicyclic) bond motifs is 1. The van der Waals surface area contributed by atoms with Gasteiger partial charge in [-0.05, 0) is 0 Å². The summed E-state index contributed by atoms with van der Waals surface area (Å²) in [6.45, 7) is 1.98. The quantitative estimate of drug-likeness (QED) is 0.525. The molecule has 1 aromatic rings. The second-order valence-corrected chi connectivity index (χ2v) is 7.99. The average Bonchev–Trinajstić information content (AvgIpc) is 2.46. The van der Waals surface area contributed by atoms with E-state index in [9.17, 15) is 4.21 Å². The second kappa shape index (κ2) is 2.96. The average molecular weight is 248 g/mol. The summed E-state index contributed by atoms with van der Waals surface area (Å²) < 4.78 is 16.5. The summed E-state index contributed by atoms with van der Waals surface area (Å²) >= 11 is 0.224. The maximum atomic E-state index is 12.1. The Morgan fingerprint density at radius 1 is 1.50 bits per heavy atom. The van der Waals surface area contributed by atoms with Gasteiger partial charge in [-0.15, -0.1) is 0 Å². The van der Waals surface area contributed by atoms with Gasteiger partial charge in [-0.1, -0.05) is 0 Å². The van der Waals surface area contributed by atoms with Gasteiger partial charge in [0.1, 0.15) is 0 Å². The number of rotatable bonds is 1. The molecule has 0 amide bonds. The Morgan fingerprint density at radius 2 is 2.25 bits per heavy atom. The minimum absolute atomic E-state index is 0.224. The van der Waals surface area contributed by atoms with Gasteiger partial charge in [0.2, 0.25) is 0 Å². The van der Waals surface area contributed by atoms with E-state index < -0.39 is 10.1 Å². The molecule has 4 heteroatoms. The standard InChI is InChI=1S/C8H11NOSSe/c1-2-11(10)7-5-3-4-6-8(7)12-9-11/h3-6,11H,2H2,1H3,(H,9,10). The first-order valence-electron chi connectivity index (χ1n) is 3.89. The molecule has 2 nitrogen and oxygen atoms in total. The van der Waals surface area contributed by atoms with Gasteiger partial charge >= 0.3 is 79.5 Å². The van der Waals surface area contributed by atoms with Crippen LogP contribution in [-0.4, -0.2) is 25.1 Å². The molecule has 0 radical (unpaired) electrons. The van der Waals surface area contributed by atoms with Gasteiger partial charge in [0, 0.05) is 0 Å². The van der Waals surface area contributed by atoms with E-state index >= 15 is 0 Å². The van der Waals surface area contributed by atoms with Crippen LogP contribution in [0.2, 0.25) is 0 Å². The molecule has 1 heterocycles. The van der Waals surface area contributed by atoms with Crippen LogP contribution in [0.5, 0.6) is 0 Å². The Hall–Kier alpha value is -0.151. The zero-order chi connectivity index (χ0) is 8.60. The minimum atomic E-state index is -2.16. The molecule has 1 aliphatic rings. The Balaban J connectivity index is 2.56. The van der Waals surface area contributed by atoms with E-state index in [1.54, 1.807) is 0 Å². The third-order valence-electron chi connectivity index (χ3n) is 2.00. The van der Waals surface area contributed by atoms with Gasteiger partial charge in [0.25, 0.3) is 0 Å². The number of thiol groups is 1. The van der Waals surface area contributed by atoms with Crippen molar-refractivity contribution < 1.29 is 4.21 Å². The summed E-state index contributed by atoms with van der Waals surface area (Å²) in [6.07, 6.45) is 0. The van der Waals surface area contributed by atoms with E-state index in [0.717, 1.165) is 10.6 Å². The summed E-state index contributed by atoms with van der Waals surface area (Å²) in [5.74, 6) is 0.728. The fraction of sp³-hybridized carbons (Fsp3) is 0.250. The molecular formula is C8H11NOSSe. The van der Waals surface area contributed by atoms with Gasteiger partial charge in [0.05, 0.1) is 0 Å². The van der Waals surface area contributed by atoms with Crippen molar-refractivity contribution in [2.45, 2.75) is 11.8 Å². The molecule has 1 aromatic carbocycles. The number of hydrogen-bond donors (Lipinski definition) is 2. The summed E-state index contributed by atoms with van der Waals surface area (Å²) in [5, 5.41) is 0. The summed E-state index contributed by atoms with van der Waals surface area (Å²) in [7, 11) is -2.16. The van der Waals surface area contributed by atoms with Crippen LogP contribution in [-0.2, 0) is 10.1 Å². The van der Waals surface area contributed by atoms with Gasteiger partial charge in [-0.25, -0.2) is 0 Å². The van der Waals surface area contributed by atoms with Crippen LogP contribution in [0.4, 0.5) is 0 Å². The molecule has 12 heavy (non-hydrogen) atoms. The van der Waals surface area contributed by atoms with Crippen molar-refractivity contribution >= 4 is 29.8 Å². The Labute approximate surface area is 79.7 Å². The van der Waals surface area contributed by atoms with Crippen molar-refractivity contribution in [1.82, 2.24) is 3.74 Å². The van der Waals surface area contributed by atoms with Crippen LogP contribution in [0.3, 0.4) is 0 Å². The zero-order valence-electron chi connectivity index (χ0n) is 6.78. The Kier molecular flexibility index (Phi) is 2.09. The predicted octanol–water partition coefficient (Wildman–Crippen LogP) is -0.155. The molecular weight excluding hydrogens is 237 g/mol. The summed E-state index contributed by atoms with van der Waals surface area (Å²) in [4.78, 5) is 1.06. The molecule has 0 bridgehead atoms. The molecule has 0 saturated heterocycles. The first-order chi connectivity index (χ1) is 5.76. The monoisotopic (exact) mass is 249 g/mol. The van der Waals surface area contributed by atoms with Crippen LogP contribution in [0, 0.1) is 0 Å². The maximum absolute atomic E-state index is 12.1. The van der Waals surface area contributed by atoms with Crippen molar-refractivity contribution in [1.29, 1.82) is 0 Å². The van der Waals surface area contributed by atoms with E-state index in [1.807, 2.05) is 25.1 Å². The molecule has 66 valence electrons. The van der Waals surface area contributed by atoms with Gasteiger partial charge in [-0.3, -0.25) is 0 Å². The van der Waals surface area contributed by atoms with E-state index in [0.29, 0.717) is 0 Å². The van der Waals surface area contributed by atoms with Gasteiger partial charge in [0.15, 0.2) is 0 Å². The SMILES string of the molecule is CC[SH]1(=O)N[Se]c2ccccc21. The number of benzene rings is 1. The summed E-state index contributed by atoms with van der Waals surface area (Å²) in [6, 6.07) is 8.02. The van der Waals surface area contributed by atoms with Crippen LogP contribution in [0.25, 0.3) is 0 Å². The number of nitrogens with one attached hydrogen (secondary N) is 1. The predicted molar refractivity (Wildman–Crippen MR) is 53.3 cm³/mol. The third kappa shape index (κ3) is 1.15. The van der Waals surface area contributed by atoms with Gasteiger partial charge < -0.3 is 0 Å². The first-order valence-corrected chi connectivity index (χ1v) is 7.49. The number of hydrogen-bond acceptors (Lipinski definition) is 1. The molecule has 0 spiro atoms. The van der Waals surface area contributed by atoms with Crippen molar-refractivity contribution in [3.8, 4) is 0 Å². The summed E-state index contributed by atoms with van der Waals surface area (Å²) in [5.41, 5.74) is 0. The van der Waals surface area contributed by atoms with Gasteiger partial charge in [-0.2, -0.15) is 0 Å². The van der Waals surface area contributed by atoms with Crippen LogP contribution < -0.4 is 8.20 Å². The van der Waals surface area contributed by atoms with E-state index in [2.05, 4.69) is 9.80 Å². The molecule has 0 fully saturated rings. The van der Waals surface area contributed by atoms with Crippen LogP contribution in [0.1, 0.15) is 6.92 Å². The molecule has 1 aliphatic heterocycles. The fourth-order valence-corrected chi connectivity index (χ4v) is 7.63. The fourth-order valence-electron chi connectivity index (χ4n) is 1.25. The topological polar surface area (TPSA) is 29.1 Å². The Bertz CT molecular complexity index is 353. The molecule has 0 unspecified atom stereocenters. The van der Waals surface area contributed by atoms with Crippen molar-refractivity contribution in [3.05, 3.63) is 24.3 Å². The van der Waals surface area contributed by atoms with E-state index in [-0.39, 0.29) is 15.2 Å². The zero-order valence-corrected chi connectivity index (χ0v) is 9.39. The normalized spacial score (nSPS) is 21.8. The van der Waals surface area contributed by atoms with E-state index in [4.69, 9.17) is 0 Å². The van der Waals surface area contributed by atoms with Crippen molar-refractivity contribution in [2.75, 3.05) is 5.75 Å². The third-order valence-corrected chi connectivity index (χ3v) is 8.43. The molecule has 1 N–H and O–H groups in total. The Morgan fingerprint density at radius 3 is 3.00 bits per heavy atom. The van der Waals surface area contributed by atoms with Crippen LogP contribution in [0.15, 0.2) is 29.2 Å². The molecule has 0 aromatic heterocycles. The molecule has 2 rings (SSSR count). The van der Waals surface area contributed by atoms with Crippen molar-refractivity contribution in [3.63, 3.8) is 0 Å². The molecule has 0 saturated carbocycles. The molecule has 0 aliphatic carbocycles. The first kappa shape index (κ1) is 8.45. The van der Waals surface area contributed by atoms with Crippen LogP contribution >= 0.6 is 0 Å². The second-order valence-electron chi connectivity index (χ2n) is 2.72. The molecule has 0 atom stereocenters. The van der Waals surface area contributed by atoms with E-state index in [1.165, 1.54) is 4.46 Å².